The molecule has 4 nitrogen and oxygen atoms in total. The van der Waals surface area contributed by atoms with Gasteiger partial charge in [0.2, 0.25) is 0 Å². The Kier molecular flexibility index (Phi) is 2.70. The SMILES string of the molecule is Cn1ccc(C(N)c2ncccc2Cl)n1. The van der Waals surface area contributed by atoms with Gasteiger partial charge in [0.15, 0.2) is 0 Å². The van der Waals surface area contributed by atoms with Crippen LogP contribution in [0.5, 0.6) is 0 Å². The predicted molar refractivity (Wildman–Crippen MR) is 58.5 cm³/mol. The standard InChI is InChI=1S/C10H11ClN4/c1-15-6-4-8(14-15)9(12)10-7(11)3-2-5-13-10/h2-6,9H,12H2,1H3. The fourth-order valence-corrected chi connectivity index (χ4v) is 1.60. The molecule has 0 saturated heterocycles. The van der Waals surface area contributed by atoms with Gasteiger partial charge in [-0.3, -0.25) is 9.67 Å². The fraction of sp³-hybridized carbons (Fsp3) is 0.200. The third kappa shape index (κ3) is 2.00. The molecule has 2 rings (SSSR count). The average Bonchev–Trinajstić information content (AvgIpc) is 2.65. The minimum atomic E-state index is -0.375. The van der Waals surface area contributed by atoms with Crippen LogP contribution >= 0.6 is 11.6 Å². The summed E-state index contributed by atoms with van der Waals surface area (Å²) in [5.74, 6) is 0. The van der Waals surface area contributed by atoms with Gasteiger partial charge < -0.3 is 5.73 Å². The van der Waals surface area contributed by atoms with Crippen molar-refractivity contribution in [2.75, 3.05) is 0 Å². The molecule has 2 aromatic rings. The molecule has 2 N–H and O–H groups in total. The average molecular weight is 223 g/mol. The maximum absolute atomic E-state index is 6.01. The Morgan fingerprint density at radius 1 is 1.47 bits per heavy atom. The predicted octanol–water partition coefficient (Wildman–Crippen LogP) is 1.52. The van der Waals surface area contributed by atoms with Crippen molar-refractivity contribution < 1.29 is 0 Å². The number of rotatable bonds is 2. The van der Waals surface area contributed by atoms with E-state index in [1.807, 2.05) is 19.3 Å². The number of aryl methyl sites for hydroxylation is 1. The van der Waals surface area contributed by atoms with Crippen LogP contribution in [0, 0.1) is 0 Å². The summed E-state index contributed by atoms with van der Waals surface area (Å²) in [6.07, 6.45) is 3.51. The van der Waals surface area contributed by atoms with E-state index in [2.05, 4.69) is 10.1 Å². The van der Waals surface area contributed by atoms with Crippen molar-refractivity contribution in [1.82, 2.24) is 14.8 Å². The maximum Gasteiger partial charge on any atom is 0.0933 e. The third-order valence-corrected chi connectivity index (χ3v) is 2.45. The van der Waals surface area contributed by atoms with E-state index in [9.17, 15) is 0 Å². The van der Waals surface area contributed by atoms with Crippen LogP contribution < -0.4 is 5.73 Å². The van der Waals surface area contributed by atoms with Crippen LogP contribution in [-0.4, -0.2) is 14.8 Å². The molecule has 0 bridgehead atoms. The molecule has 1 atom stereocenters. The highest BCUT2D eigenvalue weighted by atomic mass is 35.5. The second kappa shape index (κ2) is 4.00. The number of nitrogens with two attached hydrogens (primary N) is 1. The molecule has 2 heterocycles. The first-order chi connectivity index (χ1) is 7.18. The highest BCUT2D eigenvalue weighted by Gasteiger charge is 2.15. The lowest BCUT2D eigenvalue weighted by atomic mass is 10.1. The zero-order chi connectivity index (χ0) is 10.8. The van der Waals surface area contributed by atoms with Gasteiger partial charge in [0.05, 0.1) is 22.5 Å². The van der Waals surface area contributed by atoms with E-state index in [1.54, 1.807) is 23.0 Å². The monoisotopic (exact) mass is 222 g/mol. The van der Waals surface area contributed by atoms with E-state index in [4.69, 9.17) is 17.3 Å². The summed E-state index contributed by atoms with van der Waals surface area (Å²) >= 11 is 6.00. The first-order valence-electron chi connectivity index (χ1n) is 4.54. The van der Waals surface area contributed by atoms with E-state index >= 15 is 0 Å². The molecule has 0 amide bonds. The first-order valence-corrected chi connectivity index (χ1v) is 4.92. The lowest BCUT2D eigenvalue weighted by Crippen LogP contribution is -2.15. The highest BCUT2D eigenvalue weighted by Crippen LogP contribution is 2.22. The van der Waals surface area contributed by atoms with Crippen LogP contribution in [0.4, 0.5) is 0 Å². The van der Waals surface area contributed by atoms with E-state index in [1.165, 1.54) is 0 Å². The Morgan fingerprint density at radius 2 is 2.27 bits per heavy atom. The van der Waals surface area contributed by atoms with Crippen molar-refractivity contribution >= 4 is 11.6 Å². The summed E-state index contributed by atoms with van der Waals surface area (Å²) in [6, 6.07) is 5.03. The summed E-state index contributed by atoms with van der Waals surface area (Å²) in [7, 11) is 1.84. The molecular formula is C10H11ClN4. The normalized spacial score (nSPS) is 12.7. The van der Waals surface area contributed by atoms with E-state index in [0.717, 1.165) is 5.69 Å². The Bertz CT molecular complexity index is 466. The molecule has 5 heteroatoms. The summed E-state index contributed by atoms with van der Waals surface area (Å²) in [5.41, 5.74) is 7.42. The van der Waals surface area contributed by atoms with Crippen molar-refractivity contribution in [3.63, 3.8) is 0 Å². The van der Waals surface area contributed by atoms with Crippen LogP contribution in [0.2, 0.25) is 5.02 Å². The van der Waals surface area contributed by atoms with Crippen molar-refractivity contribution in [1.29, 1.82) is 0 Å². The van der Waals surface area contributed by atoms with Crippen molar-refractivity contribution in [2.45, 2.75) is 6.04 Å². The van der Waals surface area contributed by atoms with Crippen molar-refractivity contribution in [3.8, 4) is 0 Å². The van der Waals surface area contributed by atoms with Gasteiger partial charge in [0.25, 0.3) is 0 Å². The van der Waals surface area contributed by atoms with Crippen molar-refractivity contribution in [2.24, 2.45) is 12.8 Å². The lowest BCUT2D eigenvalue weighted by Gasteiger charge is -2.09. The first kappa shape index (κ1) is 10.1. The highest BCUT2D eigenvalue weighted by molar-refractivity contribution is 6.31. The van der Waals surface area contributed by atoms with E-state index in [-0.39, 0.29) is 6.04 Å². The Hall–Kier alpha value is -1.39. The van der Waals surface area contributed by atoms with Gasteiger partial charge in [-0.05, 0) is 18.2 Å². The second-order valence-electron chi connectivity index (χ2n) is 3.26. The van der Waals surface area contributed by atoms with Gasteiger partial charge in [-0.2, -0.15) is 5.10 Å². The Morgan fingerprint density at radius 3 is 2.87 bits per heavy atom. The smallest absolute Gasteiger partial charge is 0.0933 e. The quantitative estimate of drug-likeness (QED) is 0.838. The minimum absolute atomic E-state index is 0.375. The van der Waals surface area contributed by atoms with Crippen molar-refractivity contribution in [3.05, 3.63) is 47.0 Å². The molecule has 0 radical (unpaired) electrons. The van der Waals surface area contributed by atoms with Crippen LogP contribution in [-0.2, 0) is 7.05 Å². The number of hydrogen-bond acceptors (Lipinski definition) is 3. The van der Waals surface area contributed by atoms with Crippen LogP contribution in [0.25, 0.3) is 0 Å². The molecule has 0 saturated carbocycles. The van der Waals surface area contributed by atoms with Crippen LogP contribution in [0.15, 0.2) is 30.6 Å². The fourth-order valence-electron chi connectivity index (χ4n) is 1.37. The summed E-state index contributed by atoms with van der Waals surface area (Å²) in [6.45, 7) is 0. The minimum Gasteiger partial charge on any atom is -0.318 e. The zero-order valence-electron chi connectivity index (χ0n) is 8.26. The molecule has 0 spiro atoms. The largest absolute Gasteiger partial charge is 0.318 e. The second-order valence-corrected chi connectivity index (χ2v) is 3.67. The summed E-state index contributed by atoms with van der Waals surface area (Å²) in [4.78, 5) is 4.16. The van der Waals surface area contributed by atoms with Gasteiger partial charge >= 0.3 is 0 Å². The molecule has 0 aromatic carbocycles. The molecule has 78 valence electrons. The number of pyridine rings is 1. The van der Waals surface area contributed by atoms with Gasteiger partial charge in [0, 0.05) is 19.4 Å². The topological polar surface area (TPSA) is 56.7 Å². The molecular weight excluding hydrogens is 212 g/mol. The van der Waals surface area contributed by atoms with Gasteiger partial charge in [-0.25, -0.2) is 0 Å². The van der Waals surface area contributed by atoms with Gasteiger partial charge in [0.1, 0.15) is 0 Å². The maximum atomic E-state index is 6.01. The third-order valence-electron chi connectivity index (χ3n) is 2.13. The van der Waals surface area contributed by atoms with Crippen LogP contribution in [0.3, 0.4) is 0 Å². The van der Waals surface area contributed by atoms with Gasteiger partial charge in [-0.15, -0.1) is 0 Å². The molecule has 1 unspecified atom stereocenters. The number of aromatic nitrogens is 3. The van der Waals surface area contributed by atoms with Crippen LogP contribution in [0.1, 0.15) is 17.4 Å². The number of halogens is 1. The molecule has 15 heavy (non-hydrogen) atoms. The summed E-state index contributed by atoms with van der Waals surface area (Å²) in [5, 5.41) is 4.79. The number of hydrogen-bond donors (Lipinski definition) is 1. The molecule has 0 aliphatic rings. The molecule has 0 fully saturated rings. The molecule has 2 aromatic heterocycles. The Balaban J connectivity index is 2.36. The van der Waals surface area contributed by atoms with Gasteiger partial charge in [-0.1, -0.05) is 11.6 Å². The zero-order valence-corrected chi connectivity index (χ0v) is 9.02. The molecule has 0 aliphatic heterocycles. The summed E-state index contributed by atoms with van der Waals surface area (Å²) < 4.78 is 1.70. The van der Waals surface area contributed by atoms with E-state index in [0.29, 0.717) is 10.7 Å². The molecule has 0 aliphatic carbocycles. The Labute approximate surface area is 92.7 Å². The van der Waals surface area contributed by atoms with E-state index < -0.39 is 0 Å². The lowest BCUT2D eigenvalue weighted by molar-refractivity contribution is 0.707. The number of nitrogens with zero attached hydrogens (tertiary/aromatic N) is 3.